The van der Waals surface area contributed by atoms with Gasteiger partial charge in [-0.15, -0.1) is 0 Å². The molecule has 2 aromatic rings. The van der Waals surface area contributed by atoms with Gasteiger partial charge in [0.25, 0.3) is 0 Å². The molecule has 72 valence electrons. The number of nitrogens with zero attached hydrogens (tertiary/aromatic N) is 1. The van der Waals surface area contributed by atoms with Gasteiger partial charge in [-0.3, -0.25) is 0 Å². The van der Waals surface area contributed by atoms with Crippen molar-refractivity contribution in [1.82, 2.24) is 4.57 Å². The average Bonchev–Trinajstić information content (AvgIpc) is 2.64. The van der Waals surface area contributed by atoms with Gasteiger partial charge in [0, 0.05) is 18.5 Å². The molecule has 2 rings (SSSR count). The summed E-state index contributed by atoms with van der Waals surface area (Å²) in [6.45, 7) is 0. The summed E-state index contributed by atoms with van der Waals surface area (Å²) in [5.41, 5.74) is 12.1. The third-order valence-electron chi connectivity index (χ3n) is 2.04. The van der Waals surface area contributed by atoms with Crippen molar-refractivity contribution in [1.29, 1.82) is 0 Å². The quantitative estimate of drug-likeness (QED) is 0.675. The van der Waals surface area contributed by atoms with Crippen LogP contribution < -0.4 is 11.5 Å². The summed E-state index contributed by atoms with van der Waals surface area (Å²) in [5.74, 6) is -0.382. The summed E-state index contributed by atoms with van der Waals surface area (Å²) in [4.78, 5) is 0. The molecule has 14 heavy (non-hydrogen) atoms. The number of aromatic nitrogens is 1. The van der Waals surface area contributed by atoms with Gasteiger partial charge >= 0.3 is 0 Å². The van der Waals surface area contributed by atoms with Crippen molar-refractivity contribution in [2.45, 2.75) is 0 Å². The van der Waals surface area contributed by atoms with Crippen LogP contribution >= 0.6 is 0 Å². The van der Waals surface area contributed by atoms with Crippen LogP contribution in [-0.2, 0) is 0 Å². The standard InChI is InChI=1S/C10H10FN3/c11-7-5-8(12)9(13)6-10(7)14-3-1-2-4-14/h1-6H,12-13H2. The van der Waals surface area contributed by atoms with Crippen molar-refractivity contribution in [3.8, 4) is 5.69 Å². The van der Waals surface area contributed by atoms with Crippen molar-refractivity contribution >= 4 is 11.4 Å². The molecule has 0 fully saturated rings. The first-order valence-corrected chi connectivity index (χ1v) is 4.16. The highest BCUT2D eigenvalue weighted by Crippen LogP contribution is 2.22. The molecule has 0 aliphatic carbocycles. The fraction of sp³-hybridized carbons (Fsp3) is 0. The zero-order valence-corrected chi connectivity index (χ0v) is 7.44. The molecule has 0 spiro atoms. The van der Waals surface area contributed by atoms with Gasteiger partial charge in [0.05, 0.1) is 17.1 Å². The van der Waals surface area contributed by atoms with E-state index < -0.39 is 0 Å². The third kappa shape index (κ3) is 1.31. The smallest absolute Gasteiger partial charge is 0.149 e. The Balaban J connectivity index is 2.60. The molecular formula is C10H10FN3. The largest absolute Gasteiger partial charge is 0.397 e. The van der Waals surface area contributed by atoms with E-state index in [2.05, 4.69) is 0 Å². The minimum atomic E-state index is -0.382. The summed E-state index contributed by atoms with van der Waals surface area (Å²) >= 11 is 0. The SMILES string of the molecule is Nc1cc(F)c(-n2cccc2)cc1N. The van der Waals surface area contributed by atoms with Gasteiger partial charge in [0.1, 0.15) is 5.82 Å². The predicted molar refractivity (Wildman–Crippen MR) is 54.6 cm³/mol. The van der Waals surface area contributed by atoms with Crippen molar-refractivity contribution in [3.63, 3.8) is 0 Å². The maximum Gasteiger partial charge on any atom is 0.149 e. The first-order valence-electron chi connectivity index (χ1n) is 4.16. The van der Waals surface area contributed by atoms with E-state index >= 15 is 0 Å². The highest BCUT2D eigenvalue weighted by molar-refractivity contribution is 5.67. The average molecular weight is 191 g/mol. The second-order valence-electron chi connectivity index (χ2n) is 3.02. The molecule has 0 aliphatic rings. The van der Waals surface area contributed by atoms with Gasteiger partial charge < -0.3 is 16.0 Å². The summed E-state index contributed by atoms with van der Waals surface area (Å²) in [5, 5.41) is 0. The lowest BCUT2D eigenvalue weighted by molar-refractivity contribution is 0.619. The molecular weight excluding hydrogens is 181 g/mol. The van der Waals surface area contributed by atoms with Gasteiger partial charge in [0.15, 0.2) is 0 Å². The normalized spacial score (nSPS) is 10.4. The second-order valence-corrected chi connectivity index (χ2v) is 3.02. The lowest BCUT2D eigenvalue weighted by Crippen LogP contribution is -2.00. The van der Waals surface area contributed by atoms with Crippen LogP contribution in [0.1, 0.15) is 0 Å². The molecule has 0 amide bonds. The van der Waals surface area contributed by atoms with E-state index in [0.29, 0.717) is 11.4 Å². The van der Waals surface area contributed by atoms with Crippen LogP contribution in [0.25, 0.3) is 5.69 Å². The lowest BCUT2D eigenvalue weighted by Gasteiger charge is -2.07. The number of nitrogens with two attached hydrogens (primary N) is 2. The summed E-state index contributed by atoms with van der Waals surface area (Å²) in [6, 6.07) is 6.37. The zero-order chi connectivity index (χ0) is 10.1. The molecule has 0 saturated heterocycles. The predicted octanol–water partition coefficient (Wildman–Crippen LogP) is 1.78. The molecule has 0 unspecified atom stereocenters. The van der Waals surface area contributed by atoms with Gasteiger partial charge in [-0.1, -0.05) is 0 Å². The van der Waals surface area contributed by atoms with E-state index in [9.17, 15) is 4.39 Å². The molecule has 4 N–H and O–H groups in total. The Bertz CT molecular complexity index is 449. The molecule has 0 bridgehead atoms. The van der Waals surface area contributed by atoms with E-state index in [1.807, 2.05) is 12.1 Å². The Hall–Kier alpha value is -1.97. The maximum atomic E-state index is 13.4. The lowest BCUT2D eigenvalue weighted by atomic mass is 10.2. The number of rotatable bonds is 1. The first kappa shape index (κ1) is 8.62. The molecule has 0 aliphatic heterocycles. The molecule has 4 heteroatoms. The third-order valence-corrected chi connectivity index (χ3v) is 2.04. The highest BCUT2D eigenvalue weighted by Gasteiger charge is 2.06. The summed E-state index contributed by atoms with van der Waals surface area (Å²) in [7, 11) is 0. The zero-order valence-electron chi connectivity index (χ0n) is 7.44. The number of anilines is 2. The minimum Gasteiger partial charge on any atom is -0.397 e. The van der Waals surface area contributed by atoms with Gasteiger partial charge in [-0.2, -0.15) is 0 Å². The molecule has 0 saturated carbocycles. The monoisotopic (exact) mass is 191 g/mol. The van der Waals surface area contributed by atoms with Crippen molar-refractivity contribution in [2.75, 3.05) is 11.5 Å². The van der Waals surface area contributed by atoms with Crippen molar-refractivity contribution < 1.29 is 4.39 Å². The topological polar surface area (TPSA) is 57.0 Å². The molecule has 1 aromatic heterocycles. The second kappa shape index (κ2) is 3.06. The Morgan fingerprint density at radius 3 is 2.21 bits per heavy atom. The highest BCUT2D eigenvalue weighted by atomic mass is 19.1. The van der Waals surface area contributed by atoms with Crippen LogP contribution in [0.3, 0.4) is 0 Å². The van der Waals surface area contributed by atoms with Gasteiger partial charge in [-0.05, 0) is 18.2 Å². The van der Waals surface area contributed by atoms with Crippen molar-refractivity contribution in [3.05, 3.63) is 42.5 Å². The van der Waals surface area contributed by atoms with Crippen LogP contribution in [0.5, 0.6) is 0 Å². The first-order chi connectivity index (χ1) is 6.68. The molecule has 1 aromatic carbocycles. The van der Waals surface area contributed by atoms with E-state index in [1.54, 1.807) is 17.0 Å². The van der Waals surface area contributed by atoms with E-state index in [0.717, 1.165) is 0 Å². The maximum absolute atomic E-state index is 13.4. The molecule has 0 atom stereocenters. The van der Waals surface area contributed by atoms with Crippen LogP contribution in [0.15, 0.2) is 36.7 Å². The molecule has 0 radical (unpaired) electrons. The van der Waals surface area contributed by atoms with Crippen LogP contribution in [0.2, 0.25) is 0 Å². The Labute approximate surface area is 80.8 Å². The Morgan fingerprint density at radius 2 is 1.57 bits per heavy atom. The van der Waals surface area contributed by atoms with Crippen LogP contribution in [0.4, 0.5) is 15.8 Å². The minimum absolute atomic E-state index is 0.262. The fourth-order valence-corrected chi connectivity index (χ4v) is 1.29. The Morgan fingerprint density at radius 1 is 1.00 bits per heavy atom. The number of nitrogen functional groups attached to an aromatic ring is 2. The van der Waals surface area contributed by atoms with E-state index in [4.69, 9.17) is 11.5 Å². The number of halogens is 1. The van der Waals surface area contributed by atoms with Gasteiger partial charge in [-0.25, -0.2) is 4.39 Å². The molecule has 1 heterocycles. The van der Waals surface area contributed by atoms with E-state index in [1.165, 1.54) is 12.1 Å². The van der Waals surface area contributed by atoms with Crippen LogP contribution in [-0.4, -0.2) is 4.57 Å². The van der Waals surface area contributed by atoms with Crippen LogP contribution in [0, 0.1) is 5.82 Å². The number of benzene rings is 1. The van der Waals surface area contributed by atoms with Crippen molar-refractivity contribution in [2.24, 2.45) is 0 Å². The number of hydrogen-bond acceptors (Lipinski definition) is 2. The number of hydrogen-bond donors (Lipinski definition) is 2. The Kier molecular flexibility index (Phi) is 1.89. The summed E-state index contributed by atoms with van der Waals surface area (Å²) < 4.78 is 15.1. The summed E-state index contributed by atoms with van der Waals surface area (Å²) in [6.07, 6.45) is 3.49. The van der Waals surface area contributed by atoms with E-state index in [-0.39, 0.29) is 11.5 Å². The van der Waals surface area contributed by atoms with Gasteiger partial charge in [0.2, 0.25) is 0 Å². The fourth-order valence-electron chi connectivity index (χ4n) is 1.29. The molecule has 3 nitrogen and oxygen atoms in total.